The lowest BCUT2D eigenvalue weighted by molar-refractivity contribution is 0.650. The average molecular weight is 317 g/mol. The van der Waals surface area contributed by atoms with Gasteiger partial charge >= 0.3 is 0 Å². The fraction of sp³-hybridized carbons (Fsp3) is 0.381. The Kier molecular flexibility index (Phi) is 3.79. The largest absolute Gasteiger partial charge is 0.218 e. The molecule has 1 aromatic carbocycles. The van der Waals surface area contributed by atoms with E-state index in [0.717, 1.165) is 40.8 Å². The summed E-state index contributed by atoms with van der Waals surface area (Å²) in [5, 5.41) is 0. The molecule has 0 spiro atoms. The molecule has 3 heteroatoms. The minimum absolute atomic E-state index is 0.502. The number of hydrogen-bond acceptors (Lipinski definition) is 3. The third kappa shape index (κ3) is 2.91. The van der Waals surface area contributed by atoms with E-state index in [1.807, 2.05) is 26.0 Å². The Morgan fingerprint density at radius 2 is 1.75 bits per heavy atom. The van der Waals surface area contributed by atoms with Gasteiger partial charge in [0.2, 0.25) is 0 Å². The van der Waals surface area contributed by atoms with Crippen molar-refractivity contribution in [2.45, 2.75) is 38.5 Å². The number of hydrogen-bond donors (Lipinski definition) is 0. The highest BCUT2D eigenvalue weighted by Gasteiger charge is 2.55. The zero-order valence-electron chi connectivity index (χ0n) is 14.3. The van der Waals surface area contributed by atoms with Crippen molar-refractivity contribution in [3.63, 3.8) is 0 Å². The second-order valence-electron chi connectivity index (χ2n) is 7.01. The molecule has 4 atom stereocenters. The van der Waals surface area contributed by atoms with Gasteiger partial charge < -0.3 is 0 Å². The summed E-state index contributed by atoms with van der Waals surface area (Å²) in [6, 6.07) is 10.9. The van der Waals surface area contributed by atoms with E-state index in [1.54, 1.807) is 0 Å². The van der Waals surface area contributed by atoms with Crippen molar-refractivity contribution in [2.24, 2.45) is 11.8 Å². The molecule has 0 bridgehead atoms. The molecule has 1 heterocycles. The second-order valence-corrected chi connectivity index (χ2v) is 7.01. The van der Waals surface area contributed by atoms with Crippen molar-refractivity contribution < 1.29 is 0 Å². The van der Waals surface area contributed by atoms with Gasteiger partial charge in [0.15, 0.2) is 5.82 Å². The van der Waals surface area contributed by atoms with Crippen LogP contribution in [0.2, 0.25) is 0 Å². The number of benzene rings is 1. The Hall–Kier alpha value is -2.29. The smallest absolute Gasteiger partial charge is 0.162 e. The van der Waals surface area contributed by atoms with Gasteiger partial charge in [-0.25, -0.2) is 15.0 Å². The molecule has 2 fully saturated rings. The van der Waals surface area contributed by atoms with Crippen LogP contribution in [0.15, 0.2) is 49.1 Å². The van der Waals surface area contributed by atoms with E-state index >= 15 is 0 Å². The van der Waals surface area contributed by atoms with E-state index in [4.69, 9.17) is 4.98 Å². The quantitative estimate of drug-likeness (QED) is 0.752. The summed E-state index contributed by atoms with van der Waals surface area (Å²) in [6.45, 7) is 7.98. The van der Waals surface area contributed by atoms with E-state index in [9.17, 15) is 0 Å². The Morgan fingerprint density at radius 3 is 2.50 bits per heavy atom. The van der Waals surface area contributed by atoms with Crippen LogP contribution in [0.4, 0.5) is 0 Å². The van der Waals surface area contributed by atoms with Gasteiger partial charge in [-0.05, 0) is 50.0 Å². The lowest BCUT2D eigenvalue weighted by Crippen LogP contribution is -2.04. The number of aromatic nitrogens is 3. The first-order valence-electron chi connectivity index (χ1n) is 8.77. The van der Waals surface area contributed by atoms with Gasteiger partial charge in [-0.2, -0.15) is 0 Å². The van der Waals surface area contributed by atoms with Gasteiger partial charge in [0.05, 0.1) is 0 Å². The molecule has 0 aliphatic heterocycles. The maximum atomic E-state index is 4.70. The van der Waals surface area contributed by atoms with Gasteiger partial charge in [0.1, 0.15) is 11.6 Å². The molecule has 2 saturated carbocycles. The van der Waals surface area contributed by atoms with Crippen molar-refractivity contribution in [3.8, 4) is 0 Å². The van der Waals surface area contributed by atoms with Crippen molar-refractivity contribution in [2.75, 3.05) is 0 Å². The van der Waals surface area contributed by atoms with E-state index in [0.29, 0.717) is 5.92 Å². The van der Waals surface area contributed by atoms with Crippen LogP contribution in [0, 0.1) is 18.8 Å². The average Bonchev–Trinajstić information content (AvgIpc) is 3.47. The summed E-state index contributed by atoms with van der Waals surface area (Å²) in [6.07, 6.45) is 6.45. The normalized spacial score (nSPS) is 28.1. The third-order valence-electron chi connectivity index (χ3n) is 5.21. The van der Waals surface area contributed by atoms with E-state index in [2.05, 4.69) is 46.9 Å². The maximum absolute atomic E-state index is 4.70. The predicted molar refractivity (Wildman–Crippen MR) is 96.6 cm³/mol. The van der Waals surface area contributed by atoms with Crippen molar-refractivity contribution in [1.29, 1.82) is 0 Å². The summed E-state index contributed by atoms with van der Waals surface area (Å²) in [5.74, 6) is 5.26. The van der Waals surface area contributed by atoms with E-state index in [-0.39, 0.29) is 0 Å². The zero-order chi connectivity index (χ0) is 16.7. The fourth-order valence-corrected chi connectivity index (χ4v) is 3.84. The molecular weight excluding hydrogens is 294 g/mol. The fourth-order valence-electron chi connectivity index (χ4n) is 3.84. The van der Waals surface area contributed by atoms with E-state index in [1.165, 1.54) is 18.4 Å². The Labute approximate surface area is 143 Å². The van der Waals surface area contributed by atoms with Crippen LogP contribution in [0.5, 0.6) is 0 Å². The van der Waals surface area contributed by atoms with Gasteiger partial charge in [0.25, 0.3) is 0 Å². The van der Waals surface area contributed by atoms with Crippen LogP contribution in [-0.4, -0.2) is 15.0 Å². The summed E-state index contributed by atoms with van der Waals surface area (Å²) in [7, 11) is 0. The molecule has 0 N–H and O–H groups in total. The van der Waals surface area contributed by atoms with Crippen molar-refractivity contribution in [1.82, 2.24) is 15.0 Å². The van der Waals surface area contributed by atoms with Crippen LogP contribution < -0.4 is 0 Å². The summed E-state index contributed by atoms with van der Waals surface area (Å²) in [5.41, 5.74) is 2.34. The minimum Gasteiger partial charge on any atom is -0.218 e. The molecular formula is C21H23N3. The molecule has 1 aromatic heterocycles. The highest BCUT2D eigenvalue weighted by atomic mass is 15.0. The summed E-state index contributed by atoms with van der Waals surface area (Å²) < 4.78 is 0. The zero-order valence-corrected chi connectivity index (χ0v) is 14.3. The molecule has 2 aliphatic rings. The first kappa shape index (κ1) is 15.3. The monoisotopic (exact) mass is 317 g/mol. The molecule has 4 rings (SSSR count). The molecule has 122 valence electrons. The first-order valence-corrected chi connectivity index (χ1v) is 8.77. The molecule has 2 aliphatic carbocycles. The number of aryl methyl sites for hydroxylation is 1. The van der Waals surface area contributed by atoms with E-state index < -0.39 is 0 Å². The standard InChI is InChI=1S/C21H23N3/c1-4-8-13(2)20-22-14(3)23-21(24-20)19-12-18(19)17-11-16(17)15-9-6-5-7-10-15/h4-10,16-19H,2,11-12H2,1,3H3/b8-4-/t16-,17?,18?,19?/m1/s1. The van der Waals surface area contributed by atoms with Crippen LogP contribution in [-0.2, 0) is 0 Å². The Morgan fingerprint density at radius 1 is 1.04 bits per heavy atom. The van der Waals surface area contributed by atoms with Gasteiger partial charge in [0, 0.05) is 11.5 Å². The first-order chi connectivity index (χ1) is 11.7. The van der Waals surface area contributed by atoms with Gasteiger partial charge in [-0.3, -0.25) is 0 Å². The summed E-state index contributed by atoms with van der Waals surface area (Å²) in [4.78, 5) is 13.7. The van der Waals surface area contributed by atoms with Crippen molar-refractivity contribution >= 4 is 5.57 Å². The molecule has 0 amide bonds. The second kappa shape index (κ2) is 5.97. The number of allylic oxidation sites excluding steroid dienone is 3. The number of rotatable bonds is 5. The topological polar surface area (TPSA) is 38.7 Å². The predicted octanol–water partition coefficient (Wildman–Crippen LogP) is 4.68. The molecule has 24 heavy (non-hydrogen) atoms. The Bertz CT molecular complexity index is 794. The third-order valence-corrected chi connectivity index (χ3v) is 5.21. The SMILES string of the molecule is C=C(/C=C\C)c1nc(C)nc(C2CC2C2C[C@@H]2c2ccccc2)n1. The lowest BCUT2D eigenvalue weighted by atomic mass is 10.1. The van der Waals surface area contributed by atoms with Crippen molar-refractivity contribution in [3.05, 3.63) is 72.1 Å². The van der Waals surface area contributed by atoms with Crippen LogP contribution in [0.25, 0.3) is 5.57 Å². The molecule has 2 aromatic rings. The maximum Gasteiger partial charge on any atom is 0.162 e. The van der Waals surface area contributed by atoms with Gasteiger partial charge in [-0.15, -0.1) is 0 Å². The van der Waals surface area contributed by atoms with Crippen LogP contribution in [0.1, 0.15) is 54.6 Å². The van der Waals surface area contributed by atoms with Crippen LogP contribution in [0.3, 0.4) is 0 Å². The Balaban J connectivity index is 1.48. The van der Waals surface area contributed by atoms with Crippen LogP contribution >= 0.6 is 0 Å². The van der Waals surface area contributed by atoms with Gasteiger partial charge in [-0.1, -0.05) is 49.1 Å². The molecule has 0 saturated heterocycles. The minimum atomic E-state index is 0.502. The summed E-state index contributed by atoms with van der Waals surface area (Å²) >= 11 is 0. The lowest BCUT2D eigenvalue weighted by Gasteiger charge is -2.05. The molecule has 3 unspecified atom stereocenters. The number of nitrogens with zero attached hydrogens (tertiary/aromatic N) is 3. The molecule has 3 nitrogen and oxygen atoms in total. The highest BCUT2D eigenvalue weighted by molar-refractivity contribution is 5.66. The highest BCUT2D eigenvalue weighted by Crippen LogP contribution is 2.64. The molecule has 0 radical (unpaired) electrons.